The molecular weight excluding hydrogens is 292 g/mol. The Bertz CT molecular complexity index is 468. The third kappa shape index (κ3) is 5.22. The van der Waals surface area contributed by atoms with E-state index >= 15 is 0 Å². The van der Waals surface area contributed by atoms with Crippen molar-refractivity contribution in [1.82, 2.24) is 9.80 Å². The number of amides is 1. The fraction of sp³-hybridized carbons (Fsp3) is 0.611. The average Bonchev–Trinajstić information content (AvgIpc) is 2.56. The summed E-state index contributed by atoms with van der Waals surface area (Å²) in [5, 5.41) is 0. The standard InChI is InChI=1S/C18H28N2O3/c1-15-12-19(13-16(2)20(15)10-7-11-22-3)18(21)14-23-17-8-5-4-6-9-17/h4-6,8-9,15-16H,7,10-14H2,1-3H3. The van der Waals surface area contributed by atoms with Crippen LogP contribution in [0.5, 0.6) is 5.75 Å². The third-order valence-corrected chi connectivity index (χ3v) is 4.32. The Morgan fingerprint density at radius 1 is 1.17 bits per heavy atom. The summed E-state index contributed by atoms with van der Waals surface area (Å²) in [6.07, 6.45) is 1.02. The van der Waals surface area contributed by atoms with Crippen LogP contribution in [0.25, 0.3) is 0 Å². The lowest BCUT2D eigenvalue weighted by Crippen LogP contribution is -2.58. The number of nitrogens with zero attached hydrogens (tertiary/aromatic N) is 2. The van der Waals surface area contributed by atoms with Crippen molar-refractivity contribution in [3.05, 3.63) is 30.3 Å². The summed E-state index contributed by atoms with van der Waals surface area (Å²) in [6, 6.07) is 10.2. The minimum atomic E-state index is 0.0593. The zero-order valence-electron chi connectivity index (χ0n) is 14.4. The highest BCUT2D eigenvalue weighted by Gasteiger charge is 2.31. The van der Waals surface area contributed by atoms with Crippen LogP contribution < -0.4 is 4.74 Å². The Balaban J connectivity index is 1.81. The van der Waals surface area contributed by atoms with Crippen molar-refractivity contribution in [2.45, 2.75) is 32.4 Å². The van der Waals surface area contributed by atoms with E-state index in [0.29, 0.717) is 12.1 Å². The molecule has 0 aromatic heterocycles. The van der Waals surface area contributed by atoms with E-state index in [1.54, 1.807) is 7.11 Å². The fourth-order valence-corrected chi connectivity index (χ4v) is 3.15. The molecule has 128 valence electrons. The lowest BCUT2D eigenvalue weighted by atomic mass is 10.1. The van der Waals surface area contributed by atoms with E-state index in [0.717, 1.165) is 38.4 Å². The van der Waals surface area contributed by atoms with E-state index in [1.807, 2.05) is 35.2 Å². The molecular formula is C18H28N2O3. The van der Waals surface area contributed by atoms with Crippen molar-refractivity contribution >= 4 is 5.91 Å². The van der Waals surface area contributed by atoms with E-state index in [9.17, 15) is 4.79 Å². The molecule has 23 heavy (non-hydrogen) atoms. The van der Waals surface area contributed by atoms with E-state index in [1.165, 1.54) is 0 Å². The summed E-state index contributed by atoms with van der Waals surface area (Å²) in [7, 11) is 1.73. The summed E-state index contributed by atoms with van der Waals surface area (Å²) in [6.45, 7) is 7.78. The monoisotopic (exact) mass is 320 g/mol. The molecule has 1 aromatic carbocycles. The van der Waals surface area contributed by atoms with E-state index in [2.05, 4.69) is 18.7 Å². The molecule has 0 bridgehead atoms. The molecule has 1 aliphatic rings. The van der Waals surface area contributed by atoms with E-state index in [-0.39, 0.29) is 12.5 Å². The van der Waals surface area contributed by atoms with Crippen LogP contribution >= 0.6 is 0 Å². The Kier molecular flexibility index (Phi) is 6.86. The topological polar surface area (TPSA) is 42.0 Å². The van der Waals surface area contributed by atoms with Crippen LogP contribution in [0.4, 0.5) is 0 Å². The van der Waals surface area contributed by atoms with Crippen molar-refractivity contribution in [2.75, 3.05) is 40.0 Å². The van der Waals surface area contributed by atoms with Gasteiger partial charge in [-0.05, 0) is 32.4 Å². The molecule has 2 atom stereocenters. The number of carbonyl (C=O) groups excluding carboxylic acids is 1. The van der Waals surface area contributed by atoms with Gasteiger partial charge in [-0.3, -0.25) is 9.69 Å². The molecule has 1 amide bonds. The maximum Gasteiger partial charge on any atom is 0.260 e. The number of hydrogen-bond donors (Lipinski definition) is 0. The van der Waals surface area contributed by atoms with Crippen LogP contribution in [0.3, 0.4) is 0 Å². The second kappa shape index (κ2) is 8.89. The first-order chi connectivity index (χ1) is 11.1. The number of hydrogen-bond acceptors (Lipinski definition) is 4. The predicted octanol–water partition coefficient (Wildman–Crippen LogP) is 2.02. The van der Waals surface area contributed by atoms with Gasteiger partial charge >= 0.3 is 0 Å². The molecule has 2 rings (SSSR count). The first-order valence-electron chi connectivity index (χ1n) is 8.32. The van der Waals surface area contributed by atoms with Crippen LogP contribution in [0.2, 0.25) is 0 Å². The normalized spacial score (nSPS) is 22.1. The largest absolute Gasteiger partial charge is 0.484 e. The number of piperazine rings is 1. The quantitative estimate of drug-likeness (QED) is 0.721. The smallest absolute Gasteiger partial charge is 0.260 e. The Labute approximate surface area is 139 Å². The summed E-state index contributed by atoms with van der Waals surface area (Å²) in [5.74, 6) is 0.796. The number of rotatable bonds is 7. The zero-order valence-corrected chi connectivity index (χ0v) is 14.4. The Morgan fingerprint density at radius 3 is 2.43 bits per heavy atom. The maximum atomic E-state index is 12.4. The molecule has 5 nitrogen and oxygen atoms in total. The predicted molar refractivity (Wildman–Crippen MR) is 90.6 cm³/mol. The highest BCUT2D eigenvalue weighted by Crippen LogP contribution is 2.17. The Morgan fingerprint density at radius 2 is 1.83 bits per heavy atom. The number of para-hydroxylation sites is 1. The summed E-state index contributed by atoms with van der Waals surface area (Å²) < 4.78 is 10.7. The van der Waals surface area contributed by atoms with Gasteiger partial charge in [0.15, 0.2) is 6.61 Å². The van der Waals surface area contributed by atoms with Gasteiger partial charge in [0.05, 0.1) is 0 Å². The molecule has 1 saturated heterocycles. The van der Waals surface area contributed by atoms with Gasteiger partial charge in [-0.2, -0.15) is 0 Å². The number of carbonyl (C=O) groups is 1. The van der Waals surface area contributed by atoms with Crippen LogP contribution in [0.1, 0.15) is 20.3 Å². The number of methoxy groups -OCH3 is 1. The zero-order chi connectivity index (χ0) is 16.7. The van der Waals surface area contributed by atoms with Crippen molar-refractivity contribution in [3.63, 3.8) is 0 Å². The van der Waals surface area contributed by atoms with Crippen LogP contribution in [0, 0.1) is 0 Å². The lowest BCUT2D eigenvalue weighted by Gasteiger charge is -2.44. The molecule has 0 radical (unpaired) electrons. The van der Waals surface area contributed by atoms with Crippen molar-refractivity contribution in [3.8, 4) is 5.75 Å². The first kappa shape index (κ1) is 17.8. The van der Waals surface area contributed by atoms with E-state index in [4.69, 9.17) is 9.47 Å². The molecule has 0 aliphatic carbocycles. The molecule has 5 heteroatoms. The highest BCUT2D eigenvalue weighted by atomic mass is 16.5. The van der Waals surface area contributed by atoms with Crippen LogP contribution in [-0.2, 0) is 9.53 Å². The second-order valence-corrected chi connectivity index (χ2v) is 6.18. The third-order valence-electron chi connectivity index (χ3n) is 4.32. The van der Waals surface area contributed by atoms with Gasteiger partial charge < -0.3 is 14.4 Å². The molecule has 0 spiro atoms. The number of benzene rings is 1. The van der Waals surface area contributed by atoms with Gasteiger partial charge in [0.25, 0.3) is 5.91 Å². The van der Waals surface area contributed by atoms with Gasteiger partial charge in [-0.25, -0.2) is 0 Å². The van der Waals surface area contributed by atoms with Crippen molar-refractivity contribution < 1.29 is 14.3 Å². The summed E-state index contributed by atoms with van der Waals surface area (Å²) >= 11 is 0. The van der Waals surface area contributed by atoms with Crippen molar-refractivity contribution in [2.24, 2.45) is 0 Å². The van der Waals surface area contributed by atoms with Crippen LogP contribution in [0.15, 0.2) is 30.3 Å². The molecule has 1 fully saturated rings. The Hall–Kier alpha value is -1.59. The summed E-state index contributed by atoms with van der Waals surface area (Å²) in [5.41, 5.74) is 0. The minimum Gasteiger partial charge on any atom is -0.484 e. The van der Waals surface area contributed by atoms with Crippen LogP contribution in [-0.4, -0.2) is 67.7 Å². The van der Waals surface area contributed by atoms with Gasteiger partial charge in [-0.1, -0.05) is 18.2 Å². The van der Waals surface area contributed by atoms with Gasteiger partial charge in [0.1, 0.15) is 5.75 Å². The maximum absolute atomic E-state index is 12.4. The van der Waals surface area contributed by atoms with E-state index < -0.39 is 0 Å². The average molecular weight is 320 g/mol. The SMILES string of the molecule is COCCCN1C(C)CN(C(=O)COc2ccccc2)CC1C. The van der Waals surface area contributed by atoms with Gasteiger partial charge in [0, 0.05) is 45.4 Å². The molecule has 1 heterocycles. The second-order valence-electron chi connectivity index (χ2n) is 6.18. The molecule has 1 aliphatic heterocycles. The van der Waals surface area contributed by atoms with Crippen molar-refractivity contribution in [1.29, 1.82) is 0 Å². The highest BCUT2D eigenvalue weighted by molar-refractivity contribution is 5.78. The van der Waals surface area contributed by atoms with Gasteiger partial charge in [-0.15, -0.1) is 0 Å². The molecule has 1 aromatic rings. The summed E-state index contributed by atoms with van der Waals surface area (Å²) in [4.78, 5) is 16.8. The number of ether oxygens (including phenoxy) is 2. The molecule has 0 N–H and O–H groups in total. The molecule has 2 unspecified atom stereocenters. The van der Waals surface area contributed by atoms with Gasteiger partial charge in [0.2, 0.25) is 0 Å². The minimum absolute atomic E-state index is 0.0593. The lowest BCUT2D eigenvalue weighted by molar-refractivity contribution is -0.137. The molecule has 0 saturated carbocycles. The fourth-order valence-electron chi connectivity index (χ4n) is 3.15. The first-order valence-corrected chi connectivity index (χ1v) is 8.32.